The highest BCUT2D eigenvalue weighted by Crippen LogP contribution is 2.19. The van der Waals surface area contributed by atoms with Gasteiger partial charge in [0, 0.05) is 6.07 Å². The largest absolute Gasteiger partial charge is 0.465 e. The molecule has 26 heavy (non-hydrogen) atoms. The van der Waals surface area contributed by atoms with Gasteiger partial charge >= 0.3 is 5.97 Å². The van der Waals surface area contributed by atoms with Crippen molar-refractivity contribution in [1.29, 1.82) is 0 Å². The number of aryl methyl sites for hydroxylation is 1. The molecule has 9 nitrogen and oxygen atoms in total. The van der Waals surface area contributed by atoms with Crippen LogP contribution in [0.5, 0.6) is 0 Å². The van der Waals surface area contributed by atoms with Crippen LogP contribution in [-0.2, 0) is 14.8 Å². The average molecular weight is 377 g/mol. The van der Waals surface area contributed by atoms with Crippen molar-refractivity contribution < 1.29 is 22.9 Å². The van der Waals surface area contributed by atoms with Crippen molar-refractivity contribution in [2.24, 2.45) is 5.10 Å². The van der Waals surface area contributed by atoms with E-state index in [0.717, 1.165) is 25.0 Å². The van der Waals surface area contributed by atoms with Crippen molar-refractivity contribution in [3.05, 3.63) is 69.3 Å². The highest BCUT2D eigenvalue weighted by molar-refractivity contribution is 7.89. The van der Waals surface area contributed by atoms with Crippen LogP contribution in [0.25, 0.3) is 0 Å². The molecule has 2 rings (SSSR count). The fourth-order valence-corrected chi connectivity index (χ4v) is 2.78. The van der Waals surface area contributed by atoms with Gasteiger partial charge in [0.05, 0.1) is 34.3 Å². The Bertz CT molecular complexity index is 968. The third-order valence-electron chi connectivity index (χ3n) is 3.36. The zero-order valence-corrected chi connectivity index (χ0v) is 14.7. The summed E-state index contributed by atoms with van der Waals surface area (Å²) in [4.78, 5) is 23.9. The van der Waals surface area contributed by atoms with Crippen LogP contribution in [0.1, 0.15) is 21.5 Å². The highest BCUT2D eigenvalue weighted by atomic mass is 32.2. The molecule has 0 bridgehead atoms. The molecule has 0 aliphatic carbocycles. The van der Waals surface area contributed by atoms with Gasteiger partial charge in [-0.15, -0.1) is 0 Å². The number of sulfonamides is 1. The molecular weight excluding hydrogens is 362 g/mol. The fourth-order valence-electron chi connectivity index (χ4n) is 1.99. The lowest BCUT2D eigenvalue weighted by molar-refractivity contribution is -0.385. The summed E-state index contributed by atoms with van der Waals surface area (Å²) in [7, 11) is -2.74. The molecule has 2 aromatic rings. The molecule has 136 valence electrons. The van der Waals surface area contributed by atoms with Gasteiger partial charge in [-0.2, -0.15) is 13.5 Å². The Kier molecular flexibility index (Phi) is 5.68. The average Bonchev–Trinajstić information content (AvgIpc) is 2.61. The maximum Gasteiger partial charge on any atom is 0.338 e. The minimum Gasteiger partial charge on any atom is -0.465 e. The molecule has 2 aromatic carbocycles. The molecule has 0 aromatic heterocycles. The lowest BCUT2D eigenvalue weighted by Crippen LogP contribution is -2.18. The van der Waals surface area contributed by atoms with E-state index in [9.17, 15) is 23.3 Å². The van der Waals surface area contributed by atoms with Crippen LogP contribution < -0.4 is 4.83 Å². The number of esters is 1. The standard InChI is InChI=1S/C16H15N3O6S/c1-11-3-7-14(8-4-11)26(23,24)18-17-10-13-6-5-12(16(20)25-2)9-15(13)19(21)22/h3-10,18H,1-2H3/b17-10+. The minimum atomic E-state index is -3.90. The van der Waals surface area contributed by atoms with E-state index in [1.54, 1.807) is 12.1 Å². The van der Waals surface area contributed by atoms with E-state index in [-0.39, 0.29) is 16.0 Å². The van der Waals surface area contributed by atoms with Gasteiger partial charge in [-0.05, 0) is 31.2 Å². The summed E-state index contributed by atoms with van der Waals surface area (Å²) in [5, 5.41) is 14.7. The minimum absolute atomic E-state index is 0.00316. The summed E-state index contributed by atoms with van der Waals surface area (Å²) in [6.07, 6.45) is 0.991. The van der Waals surface area contributed by atoms with Gasteiger partial charge in [-0.1, -0.05) is 17.7 Å². The quantitative estimate of drug-likeness (QED) is 0.355. The molecule has 0 aliphatic rings. The predicted molar refractivity (Wildman–Crippen MR) is 93.5 cm³/mol. The molecule has 0 radical (unpaired) electrons. The van der Waals surface area contributed by atoms with E-state index in [1.165, 1.54) is 24.3 Å². The van der Waals surface area contributed by atoms with E-state index < -0.39 is 26.6 Å². The van der Waals surface area contributed by atoms with E-state index in [2.05, 4.69) is 9.84 Å². The SMILES string of the molecule is COC(=O)c1ccc(/C=N/NS(=O)(=O)c2ccc(C)cc2)c([N+](=O)[O-])c1. The predicted octanol–water partition coefficient (Wildman–Crippen LogP) is 2.00. The second-order valence-electron chi connectivity index (χ2n) is 5.19. The Hall–Kier alpha value is -3.27. The van der Waals surface area contributed by atoms with Gasteiger partial charge in [-0.25, -0.2) is 9.63 Å². The van der Waals surface area contributed by atoms with Crippen LogP contribution in [0.2, 0.25) is 0 Å². The van der Waals surface area contributed by atoms with Crippen LogP contribution in [0.15, 0.2) is 52.5 Å². The first-order valence-electron chi connectivity index (χ1n) is 7.23. The summed E-state index contributed by atoms with van der Waals surface area (Å²) in [6.45, 7) is 1.82. The van der Waals surface area contributed by atoms with Crippen molar-refractivity contribution in [2.45, 2.75) is 11.8 Å². The number of hydrogen-bond acceptors (Lipinski definition) is 7. The Balaban J connectivity index is 2.25. The third-order valence-corrected chi connectivity index (χ3v) is 4.59. The number of hydrazone groups is 1. The van der Waals surface area contributed by atoms with Gasteiger partial charge in [0.1, 0.15) is 0 Å². The maximum absolute atomic E-state index is 12.1. The summed E-state index contributed by atoms with van der Waals surface area (Å²) in [6, 6.07) is 9.72. The molecule has 0 saturated carbocycles. The summed E-state index contributed by atoms with van der Waals surface area (Å²) >= 11 is 0. The topological polar surface area (TPSA) is 128 Å². The van der Waals surface area contributed by atoms with Gasteiger partial charge in [-0.3, -0.25) is 10.1 Å². The zero-order valence-electron chi connectivity index (χ0n) is 13.9. The van der Waals surface area contributed by atoms with Crippen molar-refractivity contribution in [3.8, 4) is 0 Å². The van der Waals surface area contributed by atoms with E-state index >= 15 is 0 Å². The van der Waals surface area contributed by atoms with E-state index in [1.807, 2.05) is 11.8 Å². The van der Waals surface area contributed by atoms with Gasteiger partial charge < -0.3 is 4.74 Å². The lowest BCUT2D eigenvalue weighted by Gasteiger charge is -2.04. The van der Waals surface area contributed by atoms with Gasteiger partial charge in [0.15, 0.2) is 0 Å². The fraction of sp³-hybridized carbons (Fsp3) is 0.125. The molecule has 0 unspecified atom stereocenters. The molecule has 0 saturated heterocycles. The molecule has 0 fully saturated rings. The number of carbonyl (C=O) groups is 1. The van der Waals surface area contributed by atoms with Gasteiger partial charge in [0.2, 0.25) is 0 Å². The molecule has 0 spiro atoms. The Morgan fingerprint density at radius 3 is 2.46 bits per heavy atom. The number of nitrogens with zero attached hydrogens (tertiary/aromatic N) is 2. The first-order chi connectivity index (χ1) is 12.2. The monoisotopic (exact) mass is 377 g/mol. The number of carbonyl (C=O) groups excluding carboxylic acids is 1. The zero-order chi connectivity index (χ0) is 19.3. The van der Waals surface area contributed by atoms with Crippen LogP contribution in [0.4, 0.5) is 5.69 Å². The number of hydrogen-bond donors (Lipinski definition) is 1. The first-order valence-corrected chi connectivity index (χ1v) is 8.71. The number of ether oxygens (including phenoxy) is 1. The molecule has 0 atom stereocenters. The number of nitro groups is 1. The number of nitrogens with one attached hydrogen (secondary N) is 1. The maximum atomic E-state index is 12.1. The summed E-state index contributed by atoms with van der Waals surface area (Å²) in [5.41, 5.74) is 0.505. The third kappa shape index (κ3) is 4.42. The van der Waals surface area contributed by atoms with Crippen molar-refractivity contribution in [1.82, 2.24) is 4.83 Å². The Labute approximate surface area is 149 Å². The molecule has 1 N–H and O–H groups in total. The molecule has 0 aliphatic heterocycles. The van der Waals surface area contributed by atoms with Crippen LogP contribution in [-0.4, -0.2) is 32.6 Å². The molecule has 0 heterocycles. The lowest BCUT2D eigenvalue weighted by atomic mass is 10.1. The number of benzene rings is 2. The molecule has 10 heteroatoms. The van der Waals surface area contributed by atoms with Crippen molar-refractivity contribution in [3.63, 3.8) is 0 Å². The van der Waals surface area contributed by atoms with Crippen molar-refractivity contribution in [2.75, 3.05) is 7.11 Å². The van der Waals surface area contributed by atoms with E-state index in [0.29, 0.717) is 0 Å². The Morgan fingerprint density at radius 1 is 1.23 bits per heavy atom. The second-order valence-corrected chi connectivity index (χ2v) is 6.85. The number of methoxy groups -OCH3 is 1. The second kappa shape index (κ2) is 7.74. The van der Waals surface area contributed by atoms with Crippen LogP contribution in [0.3, 0.4) is 0 Å². The summed E-state index contributed by atoms with van der Waals surface area (Å²) in [5.74, 6) is -0.725. The highest BCUT2D eigenvalue weighted by Gasteiger charge is 2.17. The van der Waals surface area contributed by atoms with Crippen LogP contribution >= 0.6 is 0 Å². The molecular formula is C16H15N3O6S. The van der Waals surface area contributed by atoms with Crippen LogP contribution in [0, 0.1) is 17.0 Å². The summed E-state index contributed by atoms with van der Waals surface area (Å²) < 4.78 is 28.7. The first kappa shape index (κ1) is 19.1. The smallest absolute Gasteiger partial charge is 0.338 e. The number of rotatable bonds is 6. The Morgan fingerprint density at radius 2 is 1.88 bits per heavy atom. The number of nitro benzene ring substituents is 1. The van der Waals surface area contributed by atoms with Crippen molar-refractivity contribution >= 4 is 27.9 Å². The van der Waals surface area contributed by atoms with Gasteiger partial charge in [0.25, 0.3) is 15.7 Å². The molecule has 0 amide bonds. The van der Waals surface area contributed by atoms with E-state index in [4.69, 9.17) is 0 Å². The normalized spacial score (nSPS) is 11.3.